The van der Waals surface area contributed by atoms with Crippen molar-refractivity contribution >= 4 is 17.5 Å². The third kappa shape index (κ3) is 5.87. The first-order valence-electron chi connectivity index (χ1n) is 11.0. The van der Waals surface area contributed by atoms with Gasteiger partial charge in [0.1, 0.15) is 11.1 Å². The maximum Gasteiger partial charge on any atom is 0.252 e. The monoisotopic (exact) mass is 450 g/mol. The summed E-state index contributed by atoms with van der Waals surface area (Å²) in [5.74, 6) is 0.370. The van der Waals surface area contributed by atoms with Gasteiger partial charge in [-0.3, -0.25) is 4.79 Å². The fourth-order valence-corrected chi connectivity index (χ4v) is 4.13. The second kappa shape index (κ2) is 11.1. The molecule has 6 heteroatoms. The maximum absolute atomic E-state index is 12.7. The fraction of sp³-hybridized carbons (Fsp3) is 0.308. The Morgan fingerprint density at radius 2 is 1.69 bits per heavy atom. The Kier molecular flexibility index (Phi) is 7.75. The Morgan fingerprint density at radius 3 is 2.28 bits per heavy atom. The molecule has 0 saturated carbocycles. The molecule has 32 heavy (non-hydrogen) atoms. The number of benzene rings is 2. The van der Waals surface area contributed by atoms with Crippen molar-refractivity contribution in [2.45, 2.75) is 31.3 Å². The molecule has 1 amide bonds. The molecule has 0 radical (unpaired) electrons. The quantitative estimate of drug-likeness (QED) is 0.509. The van der Waals surface area contributed by atoms with Gasteiger partial charge >= 0.3 is 0 Å². The van der Waals surface area contributed by atoms with Crippen molar-refractivity contribution in [1.82, 2.24) is 10.3 Å². The molecular weight excluding hydrogens is 424 g/mol. The smallest absolute Gasteiger partial charge is 0.252 e. The van der Waals surface area contributed by atoms with Crippen molar-refractivity contribution in [3.8, 4) is 5.88 Å². The molecule has 2 aromatic carbocycles. The highest BCUT2D eigenvalue weighted by Crippen LogP contribution is 2.28. The highest BCUT2D eigenvalue weighted by atomic mass is 35.5. The molecule has 2 heterocycles. The number of hydrogen-bond donors (Lipinski definition) is 1. The molecular formula is C26H27ClN2O3. The van der Waals surface area contributed by atoms with E-state index in [0.29, 0.717) is 36.2 Å². The SMILES string of the molecule is O=C(NCCC(c1ccccc1)c1ccccc1)c1cnc(OC2CCOCC2)c(Cl)c1. The Hall–Kier alpha value is -2.89. The van der Waals surface area contributed by atoms with Crippen LogP contribution < -0.4 is 10.1 Å². The second-order valence-corrected chi connectivity index (χ2v) is 8.27. The number of nitrogens with zero attached hydrogens (tertiary/aromatic N) is 1. The van der Waals surface area contributed by atoms with Crippen molar-refractivity contribution < 1.29 is 14.3 Å². The van der Waals surface area contributed by atoms with Gasteiger partial charge in [0.2, 0.25) is 5.88 Å². The summed E-state index contributed by atoms with van der Waals surface area (Å²) in [4.78, 5) is 17.0. The highest BCUT2D eigenvalue weighted by Gasteiger charge is 2.19. The van der Waals surface area contributed by atoms with Crippen LogP contribution in [0.25, 0.3) is 0 Å². The van der Waals surface area contributed by atoms with E-state index in [-0.39, 0.29) is 17.9 Å². The number of pyridine rings is 1. The molecule has 0 aliphatic carbocycles. The summed E-state index contributed by atoms with van der Waals surface area (Å²) in [6, 6.07) is 22.3. The van der Waals surface area contributed by atoms with Crippen molar-refractivity contribution in [1.29, 1.82) is 0 Å². The van der Waals surface area contributed by atoms with Crippen LogP contribution in [0.15, 0.2) is 72.9 Å². The Balaban J connectivity index is 1.36. The number of hydrogen-bond acceptors (Lipinski definition) is 4. The molecule has 1 aliphatic heterocycles. The van der Waals surface area contributed by atoms with Crippen LogP contribution in [0, 0.1) is 0 Å². The molecule has 5 nitrogen and oxygen atoms in total. The molecule has 0 spiro atoms. The van der Waals surface area contributed by atoms with Gasteiger partial charge in [-0.1, -0.05) is 72.3 Å². The number of aromatic nitrogens is 1. The van der Waals surface area contributed by atoms with Gasteiger partial charge < -0.3 is 14.8 Å². The number of carbonyl (C=O) groups excluding carboxylic acids is 1. The van der Waals surface area contributed by atoms with E-state index in [9.17, 15) is 4.79 Å². The summed E-state index contributed by atoms with van der Waals surface area (Å²) >= 11 is 6.34. The van der Waals surface area contributed by atoms with Crippen LogP contribution in [0.2, 0.25) is 5.02 Å². The third-order valence-corrected chi connectivity index (χ3v) is 5.91. The van der Waals surface area contributed by atoms with Gasteiger partial charge in [-0.2, -0.15) is 0 Å². The summed E-state index contributed by atoms with van der Waals surface area (Å²) in [6.07, 6.45) is 3.96. The van der Waals surface area contributed by atoms with Crippen molar-refractivity contribution in [3.63, 3.8) is 0 Å². The minimum Gasteiger partial charge on any atom is -0.473 e. The van der Waals surface area contributed by atoms with Crippen LogP contribution in [0.4, 0.5) is 0 Å². The summed E-state index contributed by atoms with van der Waals surface area (Å²) in [6.45, 7) is 1.89. The lowest BCUT2D eigenvalue weighted by Crippen LogP contribution is -2.27. The first kappa shape index (κ1) is 22.3. The number of nitrogens with one attached hydrogen (secondary N) is 1. The lowest BCUT2D eigenvalue weighted by atomic mass is 9.88. The summed E-state index contributed by atoms with van der Waals surface area (Å²) < 4.78 is 11.2. The number of ether oxygens (including phenoxy) is 2. The molecule has 1 saturated heterocycles. The zero-order valence-corrected chi connectivity index (χ0v) is 18.6. The minimum absolute atomic E-state index is 0.0429. The van der Waals surface area contributed by atoms with Crippen molar-refractivity contribution in [2.24, 2.45) is 0 Å². The molecule has 0 bridgehead atoms. The standard InChI is InChI=1S/C26H27ClN2O3/c27-24-17-21(18-29-26(24)32-22-12-15-31-16-13-22)25(30)28-14-11-23(19-7-3-1-4-8-19)20-9-5-2-6-10-20/h1-10,17-18,22-23H,11-16H2,(H,28,30). The second-order valence-electron chi connectivity index (χ2n) is 7.86. The minimum atomic E-state index is -0.197. The van der Waals surface area contributed by atoms with E-state index in [1.807, 2.05) is 36.4 Å². The van der Waals surface area contributed by atoms with E-state index in [1.54, 1.807) is 6.07 Å². The van der Waals surface area contributed by atoms with Crippen LogP contribution in [0.3, 0.4) is 0 Å². The Labute approximate surface area is 193 Å². The molecule has 1 N–H and O–H groups in total. The molecule has 4 rings (SSSR count). The van der Waals surface area contributed by atoms with Crippen LogP contribution in [-0.2, 0) is 4.74 Å². The summed E-state index contributed by atoms with van der Waals surface area (Å²) in [7, 11) is 0. The fourth-order valence-electron chi connectivity index (χ4n) is 3.92. The molecule has 0 unspecified atom stereocenters. The Bertz CT molecular complexity index is 969. The van der Waals surface area contributed by atoms with Crippen LogP contribution in [-0.4, -0.2) is 36.8 Å². The average Bonchev–Trinajstić information content (AvgIpc) is 2.85. The van der Waals surface area contributed by atoms with E-state index in [0.717, 1.165) is 19.3 Å². The lowest BCUT2D eigenvalue weighted by Gasteiger charge is -2.23. The number of rotatable bonds is 8. The molecule has 3 aromatic rings. The van der Waals surface area contributed by atoms with E-state index < -0.39 is 0 Å². The van der Waals surface area contributed by atoms with E-state index in [4.69, 9.17) is 21.1 Å². The summed E-state index contributed by atoms with van der Waals surface area (Å²) in [5, 5.41) is 3.35. The number of amides is 1. The van der Waals surface area contributed by atoms with Crippen LogP contribution >= 0.6 is 11.6 Å². The predicted molar refractivity (Wildman–Crippen MR) is 125 cm³/mol. The van der Waals surface area contributed by atoms with Crippen LogP contribution in [0.1, 0.15) is 46.7 Å². The molecule has 0 atom stereocenters. The zero-order chi connectivity index (χ0) is 22.2. The van der Waals surface area contributed by atoms with Gasteiger partial charge in [0.15, 0.2) is 0 Å². The van der Waals surface area contributed by atoms with Crippen molar-refractivity contribution in [2.75, 3.05) is 19.8 Å². The van der Waals surface area contributed by atoms with Gasteiger partial charge in [0.25, 0.3) is 5.91 Å². The first-order chi connectivity index (χ1) is 15.7. The molecule has 1 aromatic heterocycles. The zero-order valence-electron chi connectivity index (χ0n) is 17.9. The highest BCUT2D eigenvalue weighted by molar-refractivity contribution is 6.32. The number of carbonyl (C=O) groups is 1. The van der Waals surface area contributed by atoms with Crippen LogP contribution in [0.5, 0.6) is 5.88 Å². The van der Waals surface area contributed by atoms with E-state index in [2.05, 4.69) is 34.6 Å². The summed E-state index contributed by atoms with van der Waals surface area (Å²) in [5.41, 5.74) is 2.88. The first-order valence-corrected chi connectivity index (χ1v) is 11.4. The van der Waals surface area contributed by atoms with E-state index >= 15 is 0 Å². The largest absolute Gasteiger partial charge is 0.473 e. The molecule has 166 valence electrons. The van der Waals surface area contributed by atoms with Gasteiger partial charge in [-0.05, 0) is 23.6 Å². The Morgan fingerprint density at radius 1 is 1.06 bits per heavy atom. The van der Waals surface area contributed by atoms with Crippen molar-refractivity contribution in [3.05, 3.63) is 94.6 Å². The van der Waals surface area contributed by atoms with Gasteiger partial charge in [-0.15, -0.1) is 0 Å². The normalized spacial score (nSPS) is 14.3. The average molecular weight is 451 g/mol. The predicted octanol–water partition coefficient (Wildman–Crippen LogP) is 5.24. The molecule has 1 fully saturated rings. The van der Waals surface area contributed by atoms with Gasteiger partial charge in [0, 0.05) is 31.5 Å². The molecule has 1 aliphatic rings. The number of halogens is 1. The topological polar surface area (TPSA) is 60.5 Å². The third-order valence-electron chi connectivity index (χ3n) is 5.64. The maximum atomic E-state index is 12.7. The van der Waals surface area contributed by atoms with E-state index in [1.165, 1.54) is 17.3 Å². The van der Waals surface area contributed by atoms with Gasteiger partial charge in [0.05, 0.1) is 18.8 Å². The lowest BCUT2D eigenvalue weighted by molar-refractivity contribution is 0.0238. The van der Waals surface area contributed by atoms with Gasteiger partial charge in [-0.25, -0.2) is 4.98 Å².